The molecule has 0 spiro atoms. The Morgan fingerprint density at radius 3 is 2.24 bits per heavy atom. The third kappa shape index (κ3) is 3.88. The fraction of sp³-hybridized carbons (Fsp3) is 0.0500. The fourth-order valence-corrected chi connectivity index (χ4v) is 2.81. The van der Waals surface area contributed by atoms with Crippen LogP contribution in [0.1, 0.15) is 5.56 Å². The number of nitrogens with zero attached hydrogens (tertiary/aromatic N) is 3. The lowest BCUT2D eigenvalue weighted by molar-refractivity contribution is -0.137. The van der Waals surface area contributed by atoms with Crippen LogP contribution in [0.2, 0.25) is 0 Å². The molecule has 29 heavy (non-hydrogen) atoms. The second kappa shape index (κ2) is 7.27. The molecule has 4 rings (SSSR count). The van der Waals surface area contributed by atoms with E-state index in [1.807, 2.05) is 30.3 Å². The third-order valence-electron chi connectivity index (χ3n) is 4.26. The van der Waals surface area contributed by atoms with Gasteiger partial charge in [-0.25, -0.2) is 9.97 Å². The Bertz CT molecular complexity index is 1150. The second-order valence-electron chi connectivity index (χ2n) is 6.19. The lowest BCUT2D eigenvalue weighted by Gasteiger charge is -2.14. The minimum absolute atomic E-state index is 0.230. The van der Waals surface area contributed by atoms with Crippen LogP contribution in [-0.4, -0.2) is 15.0 Å². The Balaban J connectivity index is 1.60. The minimum atomic E-state index is -4.39. The van der Waals surface area contributed by atoms with Crippen molar-refractivity contribution in [2.45, 2.75) is 6.18 Å². The van der Waals surface area contributed by atoms with Gasteiger partial charge in [-0.2, -0.15) is 13.2 Å². The van der Waals surface area contributed by atoms with Crippen molar-refractivity contribution in [1.29, 1.82) is 0 Å². The Labute approximate surface area is 163 Å². The van der Waals surface area contributed by atoms with Crippen molar-refractivity contribution in [3.05, 3.63) is 72.7 Å². The highest BCUT2D eigenvalue weighted by molar-refractivity contribution is 5.94. The Morgan fingerprint density at radius 2 is 1.52 bits per heavy atom. The smallest absolute Gasteiger partial charge is 0.393 e. The number of pyridine rings is 1. The highest BCUT2D eigenvalue weighted by atomic mass is 19.4. The average Bonchev–Trinajstić information content (AvgIpc) is 2.71. The van der Waals surface area contributed by atoms with Crippen LogP contribution in [0.3, 0.4) is 0 Å². The van der Waals surface area contributed by atoms with E-state index in [0.29, 0.717) is 11.5 Å². The van der Waals surface area contributed by atoms with Gasteiger partial charge in [0.05, 0.1) is 11.1 Å². The predicted octanol–water partition coefficient (Wildman–Crippen LogP) is 5.11. The van der Waals surface area contributed by atoms with Gasteiger partial charge in [0.2, 0.25) is 0 Å². The first-order valence-corrected chi connectivity index (χ1v) is 8.57. The summed E-state index contributed by atoms with van der Waals surface area (Å²) < 4.78 is 38.1. The van der Waals surface area contributed by atoms with Crippen LogP contribution in [0.4, 0.5) is 41.9 Å². The topological polar surface area (TPSA) is 88.8 Å². The fourth-order valence-electron chi connectivity index (χ4n) is 2.81. The van der Waals surface area contributed by atoms with Gasteiger partial charge in [0, 0.05) is 23.0 Å². The SMILES string of the molecule is Nc1c(Nc2ccc(C(F)(F)F)cc2)ncnc1Nc1cccc2ncccc12. The zero-order chi connectivity index (χ0) is 20.4. The van der Waals surface area contributed by atoms with Gasteiger partial charge in [-0.15, -0.1) is 0 Å². The van der Waals surface area contributed by atoms with Gasteiger partial charge in [0.25, 0.3) is 0 Å². The normalized spacial score (nSPS) is 11.4. The molecule has 9 heteroatoms. The zero-order valence-corrected chi connectivity index (χ0v) is 14.9. The van der Waals surface area contributed by atoms with Crippen LogP contribution in [-0.2, 0) is 6.18 Å². The van der Waals surface area contributed by atoms with E-state index in [0.717, 1.165) is 28.7 Å². The van der Waals surface area contributed by atoms with Crippen molar-refractivity contribution in [1.82, 2.24) is 15.0 Å². The van der Waals surface area contributed by atoms with Gasteiger partial charge in [-0.1, -0.05) is 6.07 Å². The molecular weight excluding hydrogens is 381 g/mol. The molecule has 0 saturated heterocycles. The van der Waals surface area contributed by atoms with E-state index in [2.05, 4.69) is 25.6 Å². The maximum absolute atomic E-state index is 12.7. The highest BCUT2D eigenvalue weighted by Gasteiger charge is 2.29. The summed E-state index contributed by atoms with van der Waals surface area (Å²) in [6, 6.07) is 14.0. The molecule has 2 aromatic heterocycles. The summed E-state index contributed by atoms with van der Waals surface area (Å²) >= 11 is 0. The monoisotopic (exact) mass is 396 g/mol. The Kier molecular flexibility index (Phi) is 4.63. The molecule has 0 radical (unpaired) electrons. The van der Waals surface area contributed by atoms with Gasteiger partial charge in [-0.3, -0.25) is 4.98 Å². The van der Waals surface area contributed by atoms with Crippen LogP contribution >= 0.6 is 0 Å². The van der Waals surface area contributed by atoms with Crippen molar-refractivity contribution < 1.29 is 13.2 Å². The number of aromatic nitrogens is 3. The molecule has 4 N–H and O–H groups in total. The van der Waals surface area contributed by atoms with Crippen LogP contribution in [0, 0.1) is 0 Å². The van der Waals surface area contributed by atoms with E-state index in [1.165, 1.54) is 18.5 Å². The molecule has 0 bridgehead atoms. The summed E-state index contributed by atoms with van der Waals surface area (Å²) in [6.45, 7) is 0. The highest BCUT2D eigenvalue weighted by Crippen LogP contribution is 2.33. The second-order valence-corrected chi connectivity index (χ2v) is 6.19. The number of alkyl halides is 3. The molecule has 2 heterocycles. The zero-order valence-electron chi connectivity index (χ0n) is 14.9. The van der Waals surface area contributed by atoms with E-state index in [-0.39, 0.29) is 11.5 Å². The van der Waals surface area contributed by atoms with Crippen LogP contribution < -0.4 is 16.4 Å². The van der Waals surface area contributed by atoms with Crippen LogP contribution in [0.15, 0.2) is 67.1 Å². The summed E-state index contributed by atoms with van der Waals surface area (Å²) in [6.07, 6.45) is -1.37. The van der Waals surface area contributed by atoms with Gasteiger partial charge in [0.1, 0.15) is 12.0 Å². The summed E-state index contributed by atoms with van der Waals surface area (Å²) in [5.74, 6) is 0.645. The number of hydrogen-bond donors (Lipinski definition) is 3. The quantitative estimate of drug-likeness (QED) is 0.444. The molecule has 0 atom stereocenters. The molecule has 0 saturated carbocycles. The predicted molar refractivity (Wildman–Crippen MR) is 106 cm³/mol. The molecule has 0 aliphatic heterocycles. The molecule has 0 unspecified atom stereocenters. The molecule has 146 valence electrons. The van der Waals surface area contributed by atoms with Gasteiger partial charge in [-0.05, 0) is 48.5 Å². The summed E-state index contributed by atoms with van der Waals surface area (Å²) in [5.41, 5.74) is 7.67. The van der Waals surface area contributed by atoms with E-state index >= 15 is 0 Å². The number of anilines is 5. The summed E-state index contributed by atoms with van der Waals surface area (Å²) in [7, 11) is 0. The van der Waals surface area contributed by atoms with E-state index in [1.54, 1.807) is 6.20 Å². The molecule has 2 aromatic carbocycles. The molecule has 0 aliphatic carbocycles. The minimum Gasteiger partial charge on any atom is -0.393 e. The van der Waals surface area contributed by atoms with Crippen molar-refractivity contribution >= 4 is 39.6 Å². The molecular formula is C20H15F3N6. The number of rotatable bonds is 4. The van der Waals surface area contributed by atoms with Crippen molar-refractivity contribution in [2.75, 3.05) is 16.4 Å². The largest absolute Gasteiger partial charge is 0.416 e. The van der Waals surface area contributed by atoms with Gasteiger partial charge >= 0.3 is 6.18 Å². The Hall–Kier alpha value is -3.88. The van der Waals surface area contributed by atoms with E-state index in [4.69, 9.17) is 5.73 Å². The van der Waals surface area contributed by atoms with Crippen LogP contribution in [0.5, 0.6) is 0 Å². The van der Waals surface area contributed by atoms with Crippen molar-refractivity contribution in [3.63, 3.8) is 0 Å². The summed E-state index contributed by atoms with van der Waals surface area (Å²) in [5, 5.41) is 6.98. The van der Waals surface area contributed by atoms with Gasteiger partial charge < -0.3 is 16.4 Å². The lowest BCUT2D eigenvalue weighted by atomic mass is 10.2. The third-order valence-corrected chi connectivity index (χ3v) is 4.26. The van der Waals surface area contributed by atoms with Gasteiger partial charge in [0.15, 0.2) is 11.6 Å². The molecule has 4 aromatic rings. The number of nitrogen functional groups attached to an aromatic ring is 1. The first-order valence-electron chi connectivity index (χ1n) is 8.57. The van der Waals surface area contributed by atoms with Crippen molar-refractivity contribution in [2.24, 2.45) is 0 Å². The first kappa shape index (κ1) is 18.5. The van der Waals surface area contributed by atoms with Crippen LogP contribution in [0.25, 0.3) is 10.9 Å². The summed E-state index contributed by atoms with van der Waals surface area (Å²) in [4.78, 5) is 12.6. The Morgan fingerprint density at radius 1 is 0.793 bits per heavy atom. The number of halogens is 3. The molecule has 6 nitrogen and oxygen atoms in total. The lowest BCUT2D eigenvalue weighted by Crippen LogP contribution is -2.06. The molecule has 0 aliphatic rings. The van der Waals surface area contributed by atoms with E-state index in [9.17, 15) is 13.2 Å². The number of fused-ring (bicyclic) bond motifs is 1. The number of benzene rings is 2. The molecule has 0 amide bonds. The maximum atomic E-state index is 12.7. The first-order chi connectivity index (χ1) is 13.9. The standard InChI is InChI=1S/C20H15F3N6/c21-20(22,23)12-6-8-13(9-7-12)28-18-17(24)19(27-11-26-18)29-16-5-1-4-15-14(16)3-2-10-25-15/h1-11H,24H2,(H2,26,27,28,29). The van der Waals surface area contributed by atoms with Crippen molar-refractivity contribution in [3.8, 4) is 0 Å². The average molecular weight is 396 g/mol. The molecule has 0 fully saturated rings. The number of nitrogens with one attached hydrogen (secondary N) is 2. The van der Waals surface area contributed by atoms with E-state index < -0.39 is 11.7 Å². The number of nitrogens with two attached hydrogens (primary N) is 1. The maximum Gasteiger partial charge on any atom is 0.416 e. The number of hydrogen-bond acceptors (Lipinski definition) is 6.